The summed E-state index contributed by atoms with van der Waals surface area (Å²) in [4.78, 5) is 12.1. The third-order valence-electron chi connectivity index (χ3n) is 7.57. The van der Waals surface area contributed by atoms with E-state index in [9.17, 15) is 9.90 Å². The van der Waals surface area contributed by atoms with Gasteiger partial charge in [0.1, 0.15) is 12.5 Å². The maximum Gasteiger partial charge on any atom is 0.306 e. The molecule has 0 amide bonds. The number of ether oxygens (including phenoxy) is 3. The highest BCUT2D eigenvalue weighted by molar-refractivity contribution is 5.71. The highest BCUT2D eigenvalue weighted by Crippen LogP contribution is 2.63. The summed E-state index contributed by atoms with van der Waals surface area (Å²) in [6.07, 6.45) is 4.70. The topological polar surface area (TPSA) is 65.0 Å². The van der Waals surface area contributed by atoms with E-state index in [-0.39, 0.29) is 30.1 Å². The average molecular weight is 374 g/mol. The van der Waals surface area contributed by atoms with E-state index in [1.54, 1.807) is 14.2 Å². The van der Waals surface area contributed by atoms with E-state index in [2.05, 4.69) is 19.1 Å². The minimum Gasteiger partial charge on any atom is -0.497 e. The zero-order valence-electron chi connectivity index (χ0n) is 16.4. The van der Waals surface area contributed by atoms with Crippen LogP contribution in [0.5, 0.6) is 5.75 Å². The number of hydrogen-bond donors (Lipinski definition) is 1. The van der Waals surface area contributed by atoms with Crippen LogP contribution in [0.2, 0.25) is 0 Å². The standard InChI is InChI=1S/C22H30O5/c1-22-9-8-16-15-7-5-14(26-3)10-13(15)4-6-17(16)20(22)18(21(23)24)11-19(22)27-12-25-2/h5,7,10,16-20H,4,6,8-9,11-12H2,1-3H3,(H,23,24)/t16?,17?,18-,19-,20?,22+/m0/s1. The van der Waals surface area contributed by atoms with Crippen LogP contribution in [-0.4, -0.2) is 38.2 Å². The normalized spacial score (nSPS) is 37.2. The monoisotopic (exact) mass is 374 g/mol. The van der Waals surface area contributed by atoms with Crippen molar-refractivity contribution in [3.8, 4) is 5.75 Å². The van der Waals surface area contributed by atoms with Crippen LogP contribution in [0, 0.1) is 23.2 Å². The lowest BCUT2D eigenvalue weighted by molar-refractivity contribution is -0.146. The number of methoxy groups -OCH3 is 2. The lowest BCUT2D eigenvalue weighted by Gasteiger charge is -2.51. The van der Waals surface area contributed by atoms with Gasteiger partial charge in [-0.05, 0) is 78.5 Å². The van der Waals surface area contributed by atoms with Gasteiger partial charge in [-0.2, -0.15) is 0 Å². The second kappa shape index (κ2) is 7.10. The molecule has 0 radical (unpaired) electrons. The first-order chi connectivity index (χ1) is 13.0. The molecule has 4 rings (SSSR count). The Morgan fingerprint density at radius 3 is 2.81 bits per heavy atom. The molecule has 1 N–H and O–H groups in total. The van der Waals surface area contributed by atoms with Crippen LogP contribution in [0.25, 0.3) is 0 Å². The van der Waals surface area contributed by atoms with Crippen molar-refractivity contribution in [2.24, 2.45) is 23.2 Å². The summed E-state index contributed by atoms with van der Waals surface area (Å²) >= 11 is 0. The Hall–Kier alpha value is -1.59. The third kappa shape index (κ3) is 2.95. The Bertz CT molecular complexity index is 717. The lowest BCUT2D eigenvalue weighted by Crippen LogP contribution is -2.46. The zero-order valence-corrected chi connectivity index (χ0v) is 16.4. The van der Waals surface area contributed by atoms with Gasteiger partial charge in [-0.1, -0.05) is 13.0 Å². The number of hydrogen-bond acceptors (Lipinski definition) is 4. The number of fused-ring (bicyclic) bond motifs is 5. The van der Waals surface area contributed by atoms with E-state index >= 15 is 0 Å². The number of aliphatic carboxylic acids is 1. The van der Waals surface area contributed by atoms with Crippen LogP contribution in [0.4, 0.5) is 0 Å². The largest absolute Gasteiger partial charge is 0.497 e. The summed E-state index contributed by atoms with van der Waals surface area (Å²) in [7, 11) is 3.32. The Morgan fingerprint density at radius 2 is 2.11 bits per heavy atom. The van der Waals surface area contributed by atoms with Gasteiger partial charge in [0.2, 0.25) is 0 Å². The smallest absolute Gasteiger partial charge is 0.306 e. The number of carboxylic acids is 1. The predicted molar refractivity (Wildman–Crippen MR) is 101 cm³/mol. The fraction of sp³-hybridized carbons (Fsp3) is 0.682. The number of benzene rings is 1. The molecule has 0 bridgehead atoms. The number of rotatable bonds is 5. The molecule has 2 fully saturated rings. The number of carbonyl (C=O) groups is 1. The molecule has 3 aliphatic carbocycles. The van der Waals surface area contributed by atoms with E-state index in [1.807, 2.05) is 6.07 Å². The molecule has 0 aliphatic heterocycles. The first-order valence-corrected chi connectivity index (χ1v) is 9.99. The number of aryl methyl sites for hydroxylation is 1. The summed E-state index contributed by atoms with van der Waals surface area (Å²) in [6.45, 7) is 2.48. The molecule has 2 saturated carbocycles. The van der Waals surface area contributed by atoms with Crippen molar-refractivity contribution in [2.45, 2.75) is 51.0 Å². The van der Waals surface area contributed by atoms with Gasteiger partial charge in [-0.25, -0.2) is 0 Å². The summed E-state index contributed by atoms with van der Waals surface area (Å²) in [5.74, 6) is 0.916. The van der Waals surface area contributed by atoms with Gasteiger partial charge in [-0.15, -0.1) is 0 Å². The first kappa shape index (κ1) is 18.8. The molecule has 6 atom stereocenters. The van der Waals surface area contributed by atoms with Crippen molar-refractivity contribution in [2.75, 3.05) is 21.0 Å². The van der Waals surface area contributed by atoms with Crippen molar-refractivity contribution in [3.63, 3.8) is 0 Å². The minimum absolute atomic E-state index is 0.0400. The summed E-state index contributed by atoms with van der Waals surface area (Å²) in [6, 6.07) is 6.41. The van der Waals surface area contributed by atoms with Crippen molar-refractivity contribution >= 4 is 5.97 Å². The fourth-order valence-corrected chi connectivity index (χ4v) is 6.41. The van der Waals surface area contributed by atoms with Crippen LogP contribution in [0.3, 0.4) is 0 Å². The minimum atomic E-state index is -0.670. The predicted octanol–water partition coefficient (Wildman–Crippen LogP) is 3.85. The van der Waals surface area contributed by atoms with Gasteiger partial charge >= 0.3 is 5.97 Å². The van der Waals surface area contributed by atoms with Crippen LogP contribution in [0.15, 0.2) is 18.2 Å². The van der Waals surface area contributed by atoms with Gasteiger partial charge in [0, 0.05) is 7.11 Å². The highest BCUT2D eigenvalue weighted by Gasteiger charge is 2.61. The summed E-state index contributed by atoms with van der Waals surface area (Å²) in [5, 5.41) is 9.96. The molecule has 0 spiro atoms. The first-order valence-electron chi connectivity index (χ1n) is 9.99. The molecule has 0 heterocycles. The molecule has 5 nitrogen and oxygen atoms in total. The van der Waals surface area contributed by atoms with E-state index in [0.29, 0.717) is 18.3 Å². The summed E-state index contributed by atoms with van der Waals surface area (Å²) < 4.78 is 16.5. The van der Waals surface area contributed by atoms with Crippen molar-refractivity contribution in [1.82, 2.24) is 0 Å². The Labute approximate surface area is 161 Å². The number of carboxylic acid groups (broad SMARTS) is 1. The molecule has 3 aliphatic rings. The molecule has 0 aromatic heterocycles. The van der Waals surface area contributed by atoms with Crippen molar-refractivity contribution in [3.05, 3.63) is 29.3 Å². The van der Waals surface area contributed by atoms with Crippen LogP contribution < -0.4 is 4.74 Å². The molecule has 1 aromatic carbocycles. The SMILES string of the molecule is COCO[C@H]1C[C@H](C(=O)O)C2C3CCc4cc(OC)ccc4C3CC[C@@]21C. The van der Waals surface area contributed by atoms with Crippen LogP contribution in [0.1, 0.15) is 49.7 Å². The van der Waals surface area contributed by atoms with E-state index < -0.39 is 5.97 Å². The summed E-state index contributed by atoms with van der Waals surface area (Å²) in [5.41, 5.74) is 2.68. The third-order valence-corrected chi connectivity index (χ3v) is 7.57. The Balaban J connectivity index is 1.67. The van der Waals surface area contributed by atoms with Crippen molar-refractivity contribution < 1.29 is 24.1 Å². The van der Waals surface area contributed by atoms with Gasteiger partial charge in [0.05, 0.1) is 19.1 Å². The quantitative estimate of drug-likeness (QED) is 0.793. The average Bonchev–Trinajstić information content (AvgIpc) is 2.98. The second-order valence-electron chi connectivity index (χ2n) is 8.69. The Morgan fingerprint density at radius 1 is 1.30 bits per heavy atom. The molecular formula is C22H30O5. The van der Waals surface area contributed by atoms with Crippen molar-refractivity contribution in [1.29, 1.82) is 0 Å². The molecule has 148 valence electrons. The molecule has 0 saturated heterocycles. The van der Waals surface area contributed by atoms with Crippen LogP contribution in [-0.2, 0) is 20.7 Å². The van der Waals surface area contributed by atoms with Gasteiger partial charge < -0.3 is 19.3 Å². The molecule has 27 heavy (non-hydrogen) atoms. The molecule has 3 unspecified atom stereocenters. The van der Waals surface area contributed by atoms with E-state index in [1.165, 1.54) is 11.1 Å². The highest BCUT2D eigenvalue weighted by atomic mass is 16.7. The fourth-order valence-electron chi connectivity index (χ4n) is 6.41. The molecule has 5 heteroatoms. The Kier molecular flexibility index (Phi) is 4.93. The van der Waals surface area contributed by atoms with Gasteiger partial charge in [-0.3, -0.25) is 4.79 Å². The maximum absolute atomic E-state index is 12.1. The molecular weight excluding hydrogens is 344 g/mol. The zero-order chi connectivity index (χ0) is 19.2. The maximum atomic E-state index is 12.1. The van der Waals surface area contributed by atoms with E-state index in [0.717, 1.165) is 31.4 Å². The second-order valence-corrected chi connectivity index (χ2v) is 8.69. The molecule has 1 aromatic rings. The van der Waals surface area contributed by atoms with E-state index in [4.69, 9.17) is 14.2 Å². The lowest BCUT2D eigenvalue weighted by atomic mass is 9.54. The van der Waals surface area contributed by atoms with Gasteiger partial charge in [0.25, 0.3) is 0 Å². The van der Waals surface area contributed by atoms with Gasteiger partial charge in [0.15, 0.2) is 0 Å². The van der Waals surface area contributed by atoms with Crippen LogP contribution >= 0.6 is 0 Å².